The van der Waals surface area contributed by atoms with E-state index in [4.69, 9.17) is 0 Å². The first-order valence-corrected chi connectivity index (χ1v) is 5.96. The molecule has 2 rings (SSSR count). The lowest BCUT2D eigenvalue weighted by molar-refractivity contribution is 0.0941. The van der Waals surface area contributed by atoms with Gasteiger partial charge in [0, 0.05) is 10.5 Å². The number of hydrogen-bond acceptors (Lipinski definition) is 1. The Labute approximate surface area is 102 Å². The van der Waals surface area contributed by atoms with Gasteiger partial charge in [0.25, 0.3) is 5.91 Å². The van der Waals surface area contributed by atoms with E-state index >= 15 is 0 Å². The van der Waals surface area contributed by atoms with E-state index in [-0.39, 0.29) is 22.9 Å². The average molecular weight is 286 g/mol. The van der Waals surface area contributed by atoms with Crippen molar-refractivity contribution in [3.63, 3.8) is 0 Å². The molecule has 1 atom stereocenters. The van der Waals surface area contributed by atoms with E-state index in [1.165, 1.54) is 6.07 Å². The number of halogens is 2. The summed E-state index contributed by atoms with van der Waals surface area (Å²) < 4.78 is 14.0. The maximum atomic E-state index is 13.5. The zero-order valence-electron chi connectivity index (χ0n) is 9.18. The van der Waals surface area contributed by atoms with E-state index in [1.54, 1.807) is 12.1 Å². The van der Waals surface area contributed by atoms with Crippen LogP contribution < -0.4 is 5.32 Å². The van der Waals surface area contributed by atoms with Gasteiger partial charge in [-0.25, -0.2) is 4.39 Å². The molecule has 1 fully saturated rings. The summed E-state index contributed by atoms with van der Waals surface area (Å²) >= 11 is 3.19. The molecule has 1 aromatic carbocycles. The number of rotatable bonds is 2. The summed E-state index contributed by atoms with van der Waals surface area (Å²) in [5, 5.41) is 2.83. The molecule has 16 heavy (non-hydrogen) atoms. The Morgan fingerprint density at radius 1 is 1.56 bits per heavy atom. The van der Waals surface area contributed by atoms with Crippen LogP contribution in [-0.4, -0.2) is 11.9 Å². The number of carbonyl (C=O) groups excluding carboxylic acids is 1. The van der Waals surface area contributed by atoms with Crippen LogP contribution in [0.4, 0.5) is 4.39 Å². The summed E-state index contributed by atoms with van der Waals surface area (Å²) in [6.07, 6.45) is 0.949. The standard InChI is InChI=1S/C12H13BrFNO/c1-12(2)6-9(12)15-11(16)10-7(13)4-3-5-8(10)14/h3-5,9H,6H2,1-2H3,(H,15,16). The summed E-state index contributed by atoms with van der Waals surface area (Å²) in [7, 11) is 0. The lowest BCUT2D eigenvalue weighted by atomic mass is 10.1. The Balaban J connectivity index is 2.16. The topological polar surface area (TPSA) is 29.1 Å². The minimum atomic E-state index is -0.495. The molecule has 1 aliphatic rings. The van der Waals surface area contributed by atoms with Crippen LogP contribution in [0.5, 0.6) is 0 Å². The first kappa shape index (κ1) is 11.6. The van der Waals surface area contributed by atoms with Crippen LogP contribution in [0, 0.1) is 11.2 Å². The van der Waals surface area contributed by atoms with Crippen molar-refractivity contribution in [2.45, 2.75) is 26.3 Å². The molecule has 1 saturated carbocycles. The van der Waals surface area contributed by atoms with Crippen LogP contribution in [-0.2, 0) is 0 Å². The van der Waals surface area contributed by atoms with Gasteiger partial charge >= 0.3 is 0 Å². The third-order valence-corrected chi connectivity index (χ3v) is 3.67. The molecule has 1 N–H and O–H groups in total. The zero-order chi connectivity index (χ0) is 11.9. The Morgan fingerprint density at radius 2 is 2.19 bits per heavy atom. The van der Waals surface area contributed by atoms with Crippen LogP contribution in [0.2, 0.25) is 0 Å². The van der Waals surface area contributed by atoms with Gasteiger partial charge in [0.1, 0.15) is 5.82 Å². The summed E-state index contributed by atoms with van der Waals surface area (Å²) in [5.74, 6) is -0.842. The normalized spacial score (nSPS) is 21.6. The van der Waals surface area contributed by atoms with Gasteiger partial charge in [-0.15, -0.1) is 0 Å². The molecular formula is C12H13BrFNO. The van der Waals surface area contributed by atoms with Gasteiger partial charge in [0.2, 0.25) is 0 Å². The average Bonchev–Trinajstić information content (AvgIpc) is 2.72. The largest absolute Gasteiger partial charge is 0.349 e. The fourth-order valence-electron chi connectivity index (χ4n) is 1.66. The fourth-order valence-corrected chi connectivity index (χ4v) is 2.18. The highest BCUT2D eigenvalue weighted by molar-refractivity contribution is 9.10. The molecule has 4 heteroatoms. The van der Waals surface area contributed by atoms with Crippen LogP contribution in [0.25, 0.3) is 0 Å². The second kappa shape index (κ2) is 3.84. The number of amides is 1. The van der Waals surface area contributed by atoms with Crippen LogP contribution in [0.15, 0.2) is 22.7 Å². The van der Waals surface area contributed by atoms with Crippen LogP contribution >= 0.6 is 15.9 Å². The van der Waals surface area contributed by atoms with Gasteiger partial charge in [-0.3, -0.25) is 4.79 Å². The zero-order valence-corrected chi connectivity index (χ0v) is 10.8. The first-order chi connectivity index (χ1) is 7.42. The fraction of sp³-hybridized carbons (Fsp3) is 0.417. The van der Waals surface area contributed by atoms with Crippen molar-refractivity contribution in [3.8, 4) is 0 Å². The lowest BCUT2D eigenvalue weighted by Crippen LogP contribution is -2.29. The van der Waals surface area contributed by atoms with Crippen molar-refractivity contribution in [2.75, 3.05) is 0 Å². The van der Waals surface area contributed by atoms with E-state index in [2.05, 4.69) is 35.1 Å². The molecule has 0 saturated heterocycles. The van der Waals surface area contributed by atoms with E-state index in [0.29, 0.717) is 4.47 Å². The van der Waals surface area contributed by atoms with Crippen LogP contribution in [0.3, 0.4) is 0 Å². The summed E-state index contributed by atoms with van der Waals surface area (Å²) in [5.41, 5.74) is 0.234. The molecular weight excluding hydrogens is 273 g/mol. The van der Waals surface area contributed by atoms with Crippen molar-refractivity contribution in [3.05, 3.63) is 34.1 Å². The first-order valence-electron chi connectivity index (χ1n) is 5.17. The maximum absolute atomic E-state index is 13.5. The van der Waals surface area contributed by atoms with E-state index < -0.39 is 5.82 Å². The molecule has 0 aromatic heterocycles. The van der Waals surface area contributed by atoms with E-state index in [0.717, 1.165) is 6.42 Å². The highest BCUT2D eigenvalue weighted by atomic mass is 79.9. The predicted octanol–water partition coefficient (Wildman–Crippen LogP) is 3.12. The van der Waals surface area contributed by atoms with E-state index in [1.807, 2.05) is 0 Å². The Bertz CT molecular complexity index is 424. The highest BCUT2D eigenvalue weighted by Gasteiger charge is 2.46. The minimum absolute atomic E-state index is 0.0881. The summed E-state index contributed by atoms with van der Waals surface area (Å²) in [6.45, 7) is 4.16. The van der Waals surface area contributed by atoms with Crippen molar-refractivity contribution >= 4 is 21.8 Å². The third-order valence-electron chi connectivity index (χ3n) is 3.01. The number of benzene rings is 1. The molecule has 1 amide bonds. The number of carbonyl (C=O) groups is 1. The highest BCUT2D eigenvalue weighted by Crippen LogP contribution is 2.44. The molecule has 1 aliphatic carbocycles. The molecule has 2 nitrogen and oxygen atoms in total. The van der Waals surface area contributed by atoms with Gasteiger partial charge in [0.05, 0.1) is 5.56 Å². The smallest absolute Gasteiger partial charge is 0.255 e. The summed E-state index contributed by atoms with van der Waals surface area (Å²) in [4.78, 5) is 11.8. The van der Waals surface area contributed by atoms with Crippen molar-refractivity contribution < 1.29 is 9.18 Å². The molecule has 0 heterocycles. The van der Waals surface area contributed by atoms with Gasteiger partial charge in [-0.2, -0.15) is 0 Å². The molecule has 0 aliphatic heterocycles. The predicted molar refractivity (Wildman–Crippen MR) is 63.8 cm³/mol. The van der Waals surface area contributed by atoms with Crippen LogP contribution in [0.1, 0.15) is 30.6 Å². The number of nitrogens with one attached hydrogen (secondary N) is 1. The lowest BCUT2D eigenvalue weighted by Gasteiger charge is -2.08. The summed E-state index contributed by atoms with van der Waals surface area (Å²) in [6, 6.07) is 4.68. The van der Waals surface area contributed by atoms with Gasteiger partial charge < -0.3 is 5.32 Å². The second-order valence-corrected chi connectivity index (χ2v) is 5.67. The number of hydrogen-bond donors (Lipinski definition) is 1. The molecule has 1 aromatic rings. The minimum Gasteiger partial charge on any atom is -0.349 e. The molecule has 1 unspecified atom stereocenters. The monoisotopic (exact) mass is 285 g/mol. The quantitative estimate of drug-likeness (QED) is 0.889. The van der Waals surface area contributed by atoms with Gasteiger partial charge in [-0.05, 0) is 39.9 Å². The van der Waals surface area contributed by atoms with Crippen molar-refractivity contribution in [2.24, 2.45) is 5.41 Å². The SMILES string of the molecule is CC1(C)CC1NC(=O)c1c(F)cccc1Br. The Kier molecular flexibility index (Phi) is 2.78. The molecule has 0 bridgehead atoms. The Morgan fingerprint density at radius 3 is 2.69 bits per heavy atom. The molecule has 0 radical (unpaired) electrons. The van der Waals surface area contributed by atoms with Crippen molar-refractivity contribution in [1.82, 2.24) is 5.32 Å². The third kappa shape index (κ3) is 2.12. The molecule has 86 valence electrons. The molecule has 0 spiro atoms. The van der Waals surface area contributed by atoms with Gasteiger partial charge in [0.15, 0.2) is 0 Å². The van der Waals surface area contributed by atoms with E-state index in [9.17, 15) is 9.18 Å². The second-order valence-electron chi connectivity index (χ2n) is 4.82. The van der Waals surface area contributed by atoms with Crippen molar-refractivity contribution in [1.29, 1.82) is 0 Å². The maximum Gasteiger partial charge on any atom is 0.255 e. The van der Waals surface area contributed by atoms with Gasteiger partial charge in [-0.1, -0.05) is 19.9 Å². The Hall–Kier alpha value is -0.900.